The van der Waals surface area contributed by atoms with Gasteiger partial charge in [0.1, 0.15) is 12.7 Å². The number of hydrogen-bond donors (Lipinski definition) is 1. The first-order chi connectivity index (χ1) is 13.4. The van der Waals surface area contributed by atoms with Crippen LogP contribution in [0.5, 0.6) is 0 Å². The van der Waals surface area contributed by atoms with Crippen LogP contribution in [0.1, 0.15) is 53.7 Å². The maximum Gasteiger partial charge on any atom is 0.257 e. The van der Waals surface area contributed by atoms with Crippen molar-refractivity contribution in [2.75, 3.05) is 5.32 Å². The maximum atomic E-state index is 12.9. The average Bonchev–Trinajstić information content (AvgIpc) is 3.29. The van der Waals surface area contributed by atoms with E-state index in [1.54, 1.807) is 22.3 Å². The third-order valence-corrected chi connectivity index (χ3v) is 6.48. The van der Waals surface area contributed by atoms with Gasteiger partial charge in [-0.1, -0.05) is 39.0 Å². The summed E-state index contributed by atoms with van der Waals surface area (Å²) in [5, 5.41) is 7.84. The lowest BCUT2D eigenvalue weighted by Gasteiger charge is -2.33. The van der Waals surface area contributed by atoms with Crippen molar-refractivity contribution >= 4 is 22.4 Å². The Balaban J connectivity index is 1.50. The van der Waals surface area contributed by atoms with Gasteiger partial charge in [0, 0.05) is 10.4 Å². The highest BCUT2D eigenvalue weighted by Gasteiger charge is 2.31. The van der Waals surface area contributed by atoms with Gasteiger partial charge in [-0.2, -0.15) is 5.10 Å². The number of rotatable bonds is 4. The molecule has 4 rings (SSSR count). The van der Waals surface area contributed by atoms with E-state index in [2.05, 4.69) is 36.2 Å². The highest BCUT2D eigenvalue weighted by Crippen LogP contribution is 2.40. The molecule has 0 saturated heterocycles. The van der Waals surface area contributed by atoms with Crippen molar-refractivity contribution in [3.63, 3.8) is 0 Å². The number of benzene rings is 1. The van der Waals surface area contributed by atoms with E-state index >= 15 is 0 Å². The predicted molar refractivity (Wildman–Crippen MR) is 111 cm³/mol. The van der Waals surface area contributed by atoms with Gasteiger partial charge in [0.2, 0.25) is 0 Å². The summed E-state index contributed by atoms with van der Waals surface area (Å²) < 4.78 is 1.71. The molecule has 0 aliphatic heterocycles. The van der Waals surface area contributed by atoms with Crippen molar-refractivity contribution in [1.29, 1.82) is 0 Å². The molecule has 1 N–H and O–H groups in total. The van der Waals surface area contributed by atoms with Gasteiger partial charge in [-0.25, -0.2) is 14.6 Å². The third-order valence-electron chi connectivity index (χ3n) is 5.45. The largest absolute Gasteiger partial charge is 0.298 e. The van der Waals surface area contributed by atoms with E-state index < -0.39 is 0 Å². The molecule has 0 radical (unpaired) electrons. The smallest absolute Gasteiger partial charge is 0.257 e. The van der Waals surface area contributed by atoms with Crippen molar-refractivity contribution in [2.45, 2.75) is 46.6 Å². The lowest BCUT2D eigenvalue weighted by atomic mass is 9.73. The summed E-state index contributed by atoms with van der Waals surface area (Å²) in [6.45, 7) is 7.42. The van der Waals surface area contributed by atoms with Crippen LogP contribution in [0.15, 0.2) is 36.9 Å². The number of thiazole rings is 1. The van der Waals surface area contributed by atoms with E-state index in [0.717, 1.165) is 30.5 Å². The molecule has 28 heavy (non-hydrogen) atoms. The molecule has 1 amide bonds. The molecule has 0 bridgehead atoms. The number of carbonyl (C=O) groups is 1. The molecule has 6 nitrogen and oxygen atoms in total. The van der Waals surface area contributed by atoms with Crippen molar-refractivity contribution in [2.24, 2.45) is 11.3 Å². The Hall–Kier alpha value is -2.54. The SMILES string of the molecule is CC(C)(C)C1CCc2nc(NC(=O)c3ccccc3Cn3cncn3)sc2C1. The molecule has 1 unspecified atom stereocenters. The molecule has 7 heteroatoms. The van der Waals surface area contributed by atoms with Crippen LogP contribution < -0.4 is 5.32 Å². The number of fused-ring (bicyclic) bond motifs is 1. The van der Waals surface area contributed by atoms with Gasteiger partial charge in [0.15, 0.2) is 5.13 Å². The molecule has 3 aromatic rings. The number of aromatic nitrogens is 4. The zero-order chi connectivity index (χ0) is 19.7. The fourth-order valence-electron chi connectivity index (χ4n) is 3.70. The minimum absolute atomic E-state index is 0.130. The molecule has 146 valence electrons. The molecule has 0 spiro atoms. The Morgan fingerprint density at radius 3 is 2.89 bits per heavy atom. The Bertz CT molecular complexity index is 971. The van der Waals surface area contributed by atoms with E-state index in [-0.39, 0.29) is 5.91 Å². The van der Waals surface area contributed by atoms with Crippen molar-refractivity contribution in [1.82, 2.24) is 19.7 Å². The van der Waals surface area contributed by atoms with Gasteiger partial charge in [-0.05, 0) is 42.2 Å². The molecule has 1 aliphatic carbocycles. The van der Waals surface area contributed by atoms with Crippen LogP contribution in [-0.2, 0) is 19.4 Å². The second-order valence-electron chi connectivity index (χ2n) is 8.40. The van der Waals surface area contributed by atoms with Crippen LogP contribution in [0.3, 0.4) is 0 Å². The monoisotopic (exact) mass is 395 g/mol. The van der Waals surface area contributed by atoms with E-state index in [9.17, 15) is 4.79 Å². The van der Waals surface area contributed by atoms with Gasteiger partial charge in [-0.15, -0.1) is 11.3 Å². The third kappa shape index (κ3) is 3.99. The number of anilines is 1. The molecule has 2 aromatic heterocycles. The first kappa shape index (κ1) is 18.8. The number of amides is 1. The minimum Gasteiger partial charge on any atom is -0.298 e. The van der Waals surface area contributed by atoms with E-state index in [4.69, 9.17) is 4.98 Å². The van der Waals surface area contributed by atoms with Crippen LogP contribution in [0.25, 0.3) is 0 Å². The number of nitrogens with one attached hydrogen (secondary N) is 1. The van der Waals surface area contributed by atoms with Crippen LogP contribution in [0, 0.1) is 11.3 Å². The van der Waals surface area contributed by atoms with Crippen molar-refractivity contribution in [3.05, 3.63) is 58.6 Å². The summed E-state index contributed by atoms with van der Waals surface area (Å²) in [6.07, 6.45) is 6.35. The molecule has 0 fully saturated rings. The first-order valence-electron chi connectivity index (χ1n) is 9.60. The summed E-state index contributed by atoms with van der Waals surface area (Å²) in [5.74, 6) is 0.529. The topological polar surface area (TPSA) is 72.7 Å². The Labute approximate surface area is 169 Å². The number of nitrogens with zero attached hydrogens (tertiary/aromatic N) is 4. The normalized spacial score (nSPS) is 16.6. The van der Waals surface area contributed by atoms with Gasteiger partial charge in [0.25, 0.3) is 5.91 Å². The average molecular weight is 396 g/mol. The molecule has 0 saturated carbocycles. The molecular formula is C21H25N5OS. The summed E-state index contributed by atoms with van der Waals surface area (Å²) in [7, 11) is 0. The lowest BCUT2D eigenvalue weighted by Crippen LogP contribution is -2.26. The standard InChI is InChI=1S/C21H25N5OS/c1-21(2,3)15-8-9-17-18(10-15)28-20(24-17)25-19(27)16-7-5-4-6-14(16)11-26-13-22-12-23-26/h4-7,12-13,15H,8-11H2,1-3H3,(H,24,25,27). The molecule has 2 heterocycles. The summed E-state index contributed by atoms with van der Waals surface area (Å²) in [6, 6.07) is 7.58. The van der Waals surface area contributed by atoms with E-state index in [1.165, 1.54) is 11.2 Å². The Morgan fingerprint density at radius 1 is 1.32 bits per heavy atom. The maximum absolute atomic E-state index is 12.9. The number of aryl methyl sites for hydroxylation is 1. The quantitative estimate of drug-likeness (QED) is 0.719. The fourth-order valence-corrected chi connectivity index (χ4v) is 4.78. The van der Waals surface area contributed by atoms with E-state index in [1.807, 2.05) is 24.3 Å². The summed E-state index contributed by atoms with van der Waals surface area (Å²) >= 11 is 1.62. The Morgan fingerprint density at radius 2 is 2.14 bits per heavy atom. The zero-order valence-electron chi connectivity index (χ0n) is 16.5. The zero-order valence-corrected chi connectivity index (χ0v) is 17.3. The first-order valence-corrected chi connectivity index (χ1v) is 10.4. The van der Waals surface area contributed by atoms with Gasteiger partial charge in [-0.3, -0.25) is 10.1 Å². The highest BCUT2D eigenvalue weighted by molar-refractivity contribution is 7.15. The predicted octanol–water partition coefficient (Wildman–Crippen LogP) is 4.19. The summed E-state index contributed by atoms with van der Waals surface area (Å²) in [5.41, 5.74) is 2.99. The molecule has 1 aromatic carbocycles. The fraction of sp³-hybridized carbons (Fsp3) is 0.429. The second kappa shape index (κ2) is 7.47. The molecular weight excluding hydrogens is 370 g/mol. The molecule has 1 atom stereocenters. The lowest BCUT2D eigenvalue weighted by molar-refractivity contribution is 0.102. The van der Waals surface area contributed by atoms with Crippen molar-refractivity contribution in [3.8, 4) is 0 Å². The number of hydrogen-bond acceptors (Lipinski definition) is 5. The van der Waals surface area contributed by atoms with E-state index in [0.29, 0.717) is 28.6 Å². The van der Waals surface area contributed by atoms with Crippen LogP contribution >= 0.6 is 11.3 Å². The number of carbonyl (C=O) groups excluding carboxylic acids is 1. The Kier molecular flexibility index (Phi) is 5.02. The minimum atomic E-state index is -0.130. The van der Waals surface area contributed by atoms with Crippen molar-refractivity contribution < 1.29 is 4.79 Å². The van der Waals surface area contributed by atoms with Gasteiger partial charge in [0.05, 0.1) is 12.2 Å². The van der Waals surface area contributed by atoms with Crippen LogP contribution in [0.2, 0.25) is 0 Å². The second-order valence-corrected chi connectivity index (χ2v) is 9.48. The summed E-state index contributed by atoms with van der Waals surface area (Å²) in [4.78, 5) is 22.9. The van der Waals surface area contributed by atoms with Crippen LogP contribution in [0.4, 0.5) is 5.13 Å². The van der Waals surface area contributed by atoms with Gasteiger partial charge < -0.3 is 0 Å². The molecule has 1 aliphatic rings. The van der Waals surface area contributed by atoms with Crippen LogP contribution in [-0.4, -0.2) is 25.7 Å². The van der Waals surface area contributed by atoms with Gasteiger partial charge >= 0.3 is 0 Å². The highest BCUT2D eigenvalue weighted by atomic mass is 32.1.